The number of nitrogens with one attached hydrogen (secondary N) is 5. The highest BCUT2D eigenvalue weighted by atomic mass is 32.2. The summed E-state index contributed by atoms with van der Waals surface area (Å²) in [5.74, 6) is 2.02. The molecule has 15 rings (SSSR count). The lowest BCUT2D eigenvalue weighted by Crippen LogP contribution is -2.09. The zero-order valence-electron chi connectivity index (χ0n) is 65.4. The number of allylic oxidation sites excluding steroid dienone is 1. The van der Waals surface area contributed by atoms with Gasteiger partial charge in [-0.15, -0.1) is 32.2 Å². The van der Waals surface area contributed by atoms with E-state index in [2.05, 4.69) is 101 Å². The molecule has 122 heavy (non-hydrogen) atoms. The highest BCUT2D eigenvalue weighted by Crippen LogP contribution is 2.40. The van der Waals surface area contributed by atoms with Crippen LogP contribution in [-0.2, 0) is 40.4 Å². The average molecular weight is 1730 g/mol. The van der Waals surface area contributed by atoms with Crippen LogP contribution in [0.3, 0.4) is 0 Å². The lowest BCUT2D eigenvalue weighted by molar-refractivity contribution is -0.385. The van der Waals surface area contributed by atoms with Crippen molar-refractivity contribution in [3.63, 3.8) is 0 Å². The van der Waals surface area contributed by atoms with Crippen LogP contribution in [0.25, 0.3) is 101 Å². The van der Waals surface area contributed by atoms with Gasteiger partial charge in [0.2, 0.25) is 31.4 Å². The molecular formula is C84H70N18O15S5. The van der Waals surface area contributed by atoms with Gasteiger partial charge in [-0.05, 0) is 167 Å². The van der Waals surface area contributed by atoms with E-state index < -0.39 is 29.7 Å². The lowest BCUT2D eigenvalue weighted by Gasteiger charge is -2.09. The second-order valence-corrected chi connectivity index (χ2v) is 33.1. The Morgan fingerprint density at radius 3 is 1.35 bits per heavy atom. The van der Waals surface area contributed by atoms with E-state index in [9.17, 15) is 72.8 Å². The number of amides is 1. The van der Waals surface area contributed by atoms with Crippen molar-refractivity contribution in [1.29, 1.82) is 0 Å². The summed E-state index contributed by atoms with van der Waals surface area (Å²) < 4.78 is 25.4. The fourth-order valence-electron chi connectivity index (χ4n) is 12.4. The van der Waals surface area contributed by atoms with E-state index in [0.29, 0.717) is 107 Å². The Balaban J connectivity index is 0.000000149. The zero-order valence-corrected chi connectivity index (χ0v) is 69.5. The SMILES string of the molecule is CC(=O)CSC1=NN=C(c2cc(-c3cccc4cnccc34)cc([N+](=O)[O-])c2)C1.CC(=O)CSc1n[nH]c(-c2cc(-c3ccc4c(c3)C=C(c3ccccc3)C4)cc([N+](=O)[O-])c2)n1.CC(=O)CSc1n[nH]c(-c2cc(-c3cccc(NC(C)=O)c3)cc([N+](=O)[O-])c2)n1.CC(=O)CSc1n[nH]c(-c2cc(-c3cccc(NS(C)(=O)=O)c3)cc([N+](=O)[O-])c2)n1. The summed E-state index contributed by atoms with van der Waals surface area (Å²) in [6.45, 7) is 7.37. The number of rotatable bonds is 27. The number of hydrogen-bond donors (Lipinski definition) is 5. The molecule has 1 aliphatic carbocycles. The van der Waals surface area contributed by atoms with Crippen molar-refractivity contribution in [1.82, 2.24) is 50.5 Å². The van der Waals surface area contributed by atoms with Crippen LogP contribution < -0.4 is 10.0 Å². The normalized spacial score (nSPS) is 11.9. The van der Waals surface area contributed by atoms with Crippen molar-refractivity contribution in [2.24, 2.45) is 10.2 Å². The fraction of sp³-hybridized carbons (Fsp3) is 0.143. The van der Waals surface area contributed by atoms with Gasteiger partial charge >= 0.3 is 0 Å². The van der Waals surface area contributed by atoms with Gasteiger partial charge in [0.15, 0.2) is 17.5 Å². The Morgan fingerprint density at radius 1 is 0.434 bits per heavy atom. The van der Waals surface area contributed by atoms with Gasteiger partial charge in [-0.3, -0.25) is 89.4 Å². The van der Waals surface area contributed by atoms with Crippen LogP contribution >= 0.6 is 47.0 Å². The Morgan fingerprint density at radius 2 is 0.869 bits per heavy atom. The molecule has 38 heteroatoms. The molecular weight excluding hydrogens is 1660 g/mol. The summed E-state index contributed by atoms with van der Waals surface area (Å²) in [5.41, 5.74) is 13.9. The number of nitro groups is 4. The van der Waals surface area contributed by atoms with Crippen LogP contribution in [-0.4, -0.2) is 148 Å². The number of carbonyl (C=O) groups excluding carboxylic acids is 5. The molecule has 4 aromatic heterocycles. The van der Waals surface area contributed by atoms with Crippen LogP contribution in [0.15, 0.2) is 232 Å². The first-order chi connectivity index (χ1) is 58.4. The topological polar surface area (TPSA) is 478 Å². The van der Waals surface area contributed by atoms with Gasteiger partial charge in [-0.1, -0.05) is 126 Å². The maximum absolute atomic E-state index is 11.6. The summed E-state index contributed by atoms with van der Waals surface area (Å²) in [7, 11) is -3.47. The third-order valence-electron chi connectivity index (χ3n) is 17.7. The first-order valence-corrected chi connectivity index (χ1v) is 42.5. The highest BCUT2D eigenvalue weighted by Gasteiger charge is 2.25. The molecule has 1 amide bonds. The van der Waals surface area contributed by atoms with Crippen molar-refractivity contribution in [3.8, 4) is 78.7 Å². The molecule has 0 atom stereocenters. The molecule has 5 N–H and O–H groups in total. The Hall–Kier alpha value is -14.2. The van der Waals surface area contributed by atoms with Gasteiger partial charge in [-0.2, -0.15) is 5.10 Å². The van der Waals surface area contributed by atoms with Crippen LogP contribution in [0.2, 0.25) is 0 Å². The zero-order chi connectivity index (χ0) is 86.9. The fourth-order valence-corrected chi connectivity index (χ4v) is 15.4. The van der Waals surface area contributed by atoms with E-state index in [1.54, 1.807) is 85.2 Å². The number of aromatic amines is 3. The molecule has 13 aromatic rings. The van der Waals surface area contributed by atoms with Gasteiger partial charge < -0.3 is 5.32 Å². The number of benzene rings is 9. The van der Waals surface area contributed by atoms with Crippen molar-refractivity contribution in [3.05, 3.63) is 269 Å². The number of Topliss-reactive ketones (excluding diaryl/α,β-unsaturated/α-hetero) is 4. The minimum atomic E-state index is -3.47. The van der Waals surface area contributed by atoms with Crippen molar-refractivity contribution in [2.45, 2.75) is 62.9 Å². The largest absolute Gasteiger partial charge is 0.326 e. The summed E-state index contributed by atoms with van der Waals surface area (Å²) in [4.78, 5) is 117. The van der Waals surface area contributed by atoms with Crippen LogP contribution in [0, 0.1) is 40.5 Å². The molecule has 9 aromatic carbocycles. The maximum atomic E-state index is 11.6. The summed E-state index contributed by atoms with van der Waals surface area (Å²) in [6, 6.07) is 56.6. The van der Waals surface area contributed by atoms with Gasteiger partial charge in [0.25, 0.3) is 22.7 Å². The number of fused-ring (bicyclic) bond motifs is 2. The lowest BCUT2D eigenvalue weighted by atomic mass is 9.95. The molecule has 0 bridgehead atoms. The Bertz CT molecular complexity index is 6510. The van der Waals surface area contributed by atoms with Crippen LogP contribution in [0.5, 0.6) is 0 Å². The summed E-state index contributed by atoms with van der Waals surface area (Å²) >= 11 is 4.92. The number of thioether (sulfide) groups is 4. The third-order valence-corrected chi connectivity index (χ3v) is 22.4. The quantitative estimate of drug-likeness (QED) is 0.0181. The number of nitro benzene ring substituents is 4. The van der Waals surface area contributed by atoms with Gasteiger partial charge in [0.05, 0.1) is 54.7 Å². The number of aromatic nitrogens is 10. The number of nitrogens with zero attached hydrogens (tertiary/aromatic N) is 13. The molecule has 1 aliphatic heterocycles. The second-order valence-electron chi connectivity index (χ2n) is 27.4. The van der Waals surface area contributed by atoms with E-state index in [1.807, 2.05) is 60.7 Å². The van der Waals surface area contributed by atoms with E-state index in [4.69, 9.17) is 0 Å². The maximum Gasteiger partial charge on any atom is 0.270 e. The van der Waals surface area contributed by atoms with Gasteiger partial charge in [0.1, 0.15) is 28.2 Å². The monoisotopic (exact) mass is 1730 g/mol. The number of hydrogen-bond acceptors (Lipinski definition) is 28. The molecule has 5 heterocycles. The summed E-state index contributed by atoms with van der Waals surface area (Å²) in [5, 5.41) is 81.4. The predicted molar refractivity (Wildman–Crippen MR) is 472 cm³/mol. The molecule has 0 unspecified atom stereocenters. The minimum Gasteiger partial charge on any atom is -0.326 e. The number of carbonyl (C=O) groups is 5. The van der Waals surface area contributed by atoms with E-state index in [-0.39, 0.29) is 69.0 Å². The van der Waals surface area contributed by atoms with E-state index in [0.717, 1.165) is 68.1 Å². The number of H-pyrrole nitrogens is 3. The molecule has 0 fully saturated rings. The standard InChI is InChI=1S/C26H20N4O3S.C21H16N4O3S.C19H17N5O4S.C18H17N5O5S2/c1-16(31)15-34-26-27-25(28-29-26)23-12-22(13-24(14-23)30(32)33)19-8-7-18-9-20(11-21(18)10-19)17-5-3-2-4-6-17;1-13(26)12-29-21-10-20(23-24-21)16-7-15(8-17(9-16)25(27)28)18-4-2-3-14-11-22-6-5-19(14)18;1-11(25)10-29-19-21-18(22-23-19)15-6-14(8-17(9-15)24(27)28)13-4-3-5-16(7-13)20-12(2)26;1-11(24)10-29-18-19-17(20-21-18)14-6-13(8-16(9-14)23(25)26)12-4-3-5-15(7-12)22-30(2,27)28/h2-8,10-14H,9,15H2,1H3,(H,27,28,29);2-9,11H,10,12H2,1H3;3-9H,10H2,1-2H3,(H,20,26)(H,21,22,23);3-9,22H,10H2,1-2H3,(H,19,20,21). The van der Waals surface area contributed by atoms with Crippen molar-refractivity contribution >= 4 is 153 Å². The summed E-state index contributed by atoms with van der Waals surface area (Å²) in [6.07, 6.45) is 8.01. The van der Waals surface area contributed by atoms with Crippen LogP contribution in [0.4, 0.5) is 34.1 Å². The Labute approximate surface area is 711 Å². The second kappa shape index (κ2) is 39.6. The first-order valence-electron chi connectivity index (χ1n) is 36.7. The molecule has 616 valence electrons. The molecule has 2 aliphatic rings. The van der Waals surface area contributed by atoms with E-state index in [1.165, 1.54) is 123 Å². The van der Waals surface area contributed by atoms with Crippen molar-refractivity contribution < 1.29 is 52.1 Å². The average Bonchev–Trinajstić information content (AvgIpc) is 1.39. The third kappa shape index (κ3) is 23.8. The first kappa shape index (κ1) is 87.1. The molecule has 0 radical (unpaired) electrons. The van der Waals surface area contributed by atoms with E-state index >= 15 is 0 Å². The van der Waals surface area contributed by atoms with Gasteiger partial charge in [-0.25, -0.2) is 23.4 Å². The smallest absolute Gasteiger partial charge is 0.270 e. The molecule has 0 saturated carbocycles. The number of non-ortho nitro benzene ring substituents is 4. The molecule has 33 nitrogen and oxygen atoms in total. The predicted octanol–water partition coefficient (Wildman–Crippen LogP) is 17.2. The number of anilines is 2. The number of pyridine rings is 1. The highest BCUT2D eigenvalue weighted by molar-refractivity contribution is 8.14. The number of sulfonamides is 1. The van der Waals surface area contributed by atoms with Gasteiger partial charge in [0, 0.05) is 113 Å². The number of ketones is 4. The minimum absolute atomic E-state index is 0.00182. The van der Waals surface area contributed by atoms with Crippen molar-refractivity contribution in [2.75, 3.05) is 39.3 Å². The Kier molecular flexibility index (Phi) is 28.3. The molecule has 0 spiro atoms. The molecule has 0 saturated heterocycles. The van der Waals surface area contributed by atoms with Crippen LogP contribution in [0.1, 0.15) is 63.3 Å².